The van der Waals surface area contributed by atoms with Crippen LogP contribution >= 0.6 is 0 Å². The number of rotatable bonds is 9. The van der Waals surface area contributed by atoms with Crippen LogP contribution in [0, 0.1) is 5.92 Å². The maximum atomic E-state index is 12.2. The quantitative estimate of drug-likeness (QED) is 0.688. The summed E-state index contributed by atoms with van der Waals surface area (Å²) in [6.07, 6.45) is 4.57. The van der Waals surface area contributed by atoms with Gasteiger partial charge in [0, 0.05) is 24.5 Å². The Morgan fingerprint density at radius 3 is 2.38 bits per heavy atom. The van der Waals surface area contributed by atoms with Crippen molar-refractivity contribution in [1.82, 2.24) is 9.29 Å². The fraction of sp³-hybridized carbons (Fsp3) is 0.733. The van der Waals surface area contributed by atoms with E-state index in [-0.39, 0.29) is 17.5 Å². The van der Waals surface area contributed by atoms with Crippen LogP contribution in [0.15, 0.2) is 17.2 Å². The van der Waals surface area contributed by atoms with E-state index in [4.69, 9.17) is 0 Å². The number of aliphatic hydroxyl groups is 1. The van der Waals surface area contributed by atoms with E-state index in [1.807, 2.05) is 13.8 Å². The van der Waals surface area contributed by atoms with E-state index in [0.29, 0.717) is 18.2 Å². The summed E-state index contributed by atoms with van der Waals surface area (Å²) in [7, 11) is -3.49. The Kier molecular flexibility index (Phi) is 6.90. The average molecular weight is 316 g/mol. The molecule has 122 valence electrons. The number of sulfonamides is 1. The number of aromatic nitrogens is 1. The van der Waals surface area contributed by atoms with Gasteiger partial charge < -0.3 is 9.67 Å². The molecule has 0 atom stereocenters. The first-order valence-corrected chi connectivity index (χ1v) is 9.07. The van der Waals surface area contributed by atoms with Crippen molar-refractivity contribution >= 4 is 10.0 Å². The van der Waals surface area contributed by atoms with Crippen LogP contribution in [0.2, 0.25) is 0 Å². The second-order valence-corrected chi connectivity index (χ2v) is 7.88. The van der Waals surface area contributed by atoms with Crippen molar-refractivity contribution in [2.45, 2.75) is 64.5 Å². The van der Waals surface area contributed by atoms with Crippen molar-refractivity contribution in [2.75, 3.05) is 6.54 Å². The van der Waals surface area contributed by atoms with Crippen LogP contribution in [-0.2, 0) is 16.6 Å². The highest BCUT2D eigenvalue weighted by molar-refractivity contribution is 7.89. The molecule has 1 rings (SSSR count). The first-order chi connectivity index (χ1) is 9.77. The molecule has 0 aliphatic rings. The van der Waals surface area contributed by atoms with Crippen LogP contribution in [-0.4, -0.2) is 24.6 Å². The minimum absolute atomic E-state index is 0.113. The highest BCUT2D eigenvalue weighted by atomic mass is 32.2. The second-order valence-electron chi connectivity index (χ2n) is 6.11. The average Bonchev–Trinajstić information content (AvgIpc) is 2.82. The predicted octanol–water partition coefficient (Wildman–Crippen LogP) is 2.67. The molecule has 0 aliphatic carbocycles. The van der Waals surface area contributed by atoms with Gasteiger partial charge in [0.1, 0.15) is 0 Å². The summed E-state index contributed by atoms with van der Waals surface area (Å²) in [5, 5.41) is 9.31. The zero-order valence-electron chi connectivity index (χ0n) is 13.5. The molecule has 0 bridgehead atoms. The van der Waals surface area contributed by atoms with Gasteiger partial charge in [-0.1, -0.05) is 26.7 Å². The van der Waals surface area contributed by atoms with Crippen LogP contribution in [0.4, 0.5) is 0 Å². The molecule has 1 heterocycles. The molecule has 1 aromatic rings. The number of nitrogens with zero attached hydrogens (tertiary/aromatic N) is 1. The lowest BCUT2D eigenvalue weighted by molar-refractivity contribution is 0.268. The van der Waals surface area contributed by atoms with Gasteiger partial charge in [0.15, 0.2) is 0 Å². The van der Waals surface area contributed by atoms with Gasteiger partial charge in [0.25, 0.3) is 0 Å². The molecule has 1 aromatic heterocycles. The lowest BCUT2D eigenvalue weighted by Gasteiger charge is -2.10. The third-order valence-corrected chi connectivity index (χ3v) is 4.86. The topological polar surface area (TPSA) is 71.3 Å². The van der Waals surface area contributed by atoms with Crippen molar-refractivity contribution in [3.63, 3.8) is 0 Å². The van der Waals surface area contributed by atoms with Crippen molar-refractivity contribution in [2.24, 2.45) is 5.92 Å². The Labute approximate surface area is 128 Å². The maximum Gasteiger partial charge on any atom is 0.242 e. The van der Waals surface area contributed by atoms with Crippen molar-refractivity contribution in [3.8, 4) is 0 Å². The molecule has 0 fully saturated rings. The number of unbranched alkanes of at least 4 members (excludes halogenated alkanes) is 1. The zero-order valence-corrected chi connectivity index (χ0v) is 14.3. The summed E-state index contributed by atoms with van der Waals surface area (Å²) >= 11 is 0. The molecule has 21 heavy (non-hydrogen) atoms. The van der Waals surface area contributed by atoms with E-state index < -0.39 is 10.0 Å². The summed E-state index contributed by atoms with van der Waals surface area (Å²) in [6.45, 7) is 8.52. The normalized spacial score (nSPS) is 12.5. The van der Waals surface area contributed by atoms with Gasteiger partial charge >= 0.3 is 0 Å². The van der Waals surface area contributed by atoms with Gasteiger partial charge in [0.2, 0.25) is 10.0 Å². The van der Waals surface area contributed by atoms with E-state index >= 15 is 0 Å². The predicted molar refractivity (Wildman–Crippen MR) is 84.6 cm³/mol. The van der Waals surface area contributed by atoms with Crippen molar-refractivity contribution < 1.29 is 13.5 Å². The smallest absolute Gasteiger partial charge is 0.242 e. The third-order valence-electron chi connectivity index (χ3n) is 3.44. The molecular formula is C15H28N2O3S. The molecule has 0 saturated heterocycles. The molecule has 0 saturated carbocycles. The summed E-state index contributed by atoms with van der Waals surface area (Å²) in [5.74, 6) is 0.647. The second kappa shape index (κ2) is 7.96. The molecule has 0 amide bonds. The molecule has 0 aliphatic heterocycles. The fourth-order valence-corrected chi connectivity index (χ4v) is 3.34. The minimum atomic E-state index is -3.49. The highest BCUT2D eigenvalue weighted by Gasteiger charge is 2.18. The maximum absolute atomic E-state index is 12.2. The number of hydrogen-bond donors (Lipinski definition) is 2. The Hall–Kier alpha value is -0.850. The standard InChI is InChI=1S/C15H28N2O3S/c1-12(2)7-5-6-8-16-21(19,20)15-9-14(11-18)17(10-15)13(3)4/h9-10,12-13,16,18H,5-8,11H2,1-4H3. The van der Waals surface area contributed by atoms with Gasteiger partial charge in [-0.2, -0.15) is 0 Å². The minimum Gasteiger partial charge on any atom is -0.390 e. The SMILES string of the molecule is CC(C)CCCCNS(=O)(=O)c1cc(CO)n(C(C)C)c1. The first-order valence-electron chi connectivity index (χ1n) is 7.59. The molecule has 2 N–H and O–H groups in total. The van der Waals surface area contributed by atoms with E-state index in [2.05, 4.69) is 18.6 Å². The van der Waals surface area contributed by atoms with Gasteiger partial charge in [-0.05, 0) is 32.3 Å². The molecule has 5 nitrogen and oxygen atoms in total. The molecule has 0 aromatic carbocycles. The van der Waals surface area contributed by atoms with E-state index in [9.17, 15) is 13.5 Å². The van der Waals surface area contributed by atoms with Crippen LogP contribution in [0.3, 0.4) is 0 Å². The fourth-order valence-electron chi connectivity index (χ4n) is 2.22. The summed E-state index contributed by atoms with van der Waals surface area (Å²) in [5.41, 5.74) is 0.616. The van der Waals surface area contributed by atoms with Crippen LogP contribution < -0.4 is 4.72 Å². The monoisotopic (exact) mass is 316 g/mol. The summed E-state index contributed by atoms with van der Waals surface area (Å²) in [6, 6.07) is 1.65. The third kappa shape index (κ3) is 5.45. The number of hydrogen-bond acceptors (Lipinski definition) is 3. The van der Waals surface area contributed by atoms with Crippen LogP contribution in [0.1, 0.15) is 58.7 Å². The van der Waals surface area contributed by atoms with Crippen molar-refractivity contribution in [3.05, 3.63) is 18.0 Å². The molecule has 0 spiro atoms. The largest absolute Gasteiger partial charge is 0.390 e. The van der Waals surface area contributed by atoms with Crippen LogP contribution in [0.25, 0.3) is 0 Å². The Balaban J connectivity index is 2.66. The Morgan fingerprint density at radius 2 is 1.90 bits per heavy atom. The molecular weight excluding hydrogens is 288 g/mol. The van der Waals surface area contributed by atoms with E-state index in [1.165, 1.54) is 6.07 Å². The number of aliphatic hydroxyl groups excluding tert-OH is 1. The van der Waals surface area contributed by atoms with Gasteiger partial charge in [-0.3, -0.25) is 0 Å². The van der Waals surface area contributed by atoms with Gasteiger partial charge in [0.05, 0.1) is 11.5 Å². The first kappa shape index (κ1) is 18.2. The van der Waals surface area contributed by atoms with Crippen LogP contribution in [0.5, 0.6) is 0 Å². The lowest BCUT2D eigenvalue weighted by Crippen LogP contribution is -2.24. The summed E-state index contributed by atoms with van der Waals surface area (Å²) in [4.78, 5) is 0.226. The Morgan fingerprint density at radius 1 is 1.24 bits per heavy atom. The summed E-state index contributed by atoms with van der Waals surface area (Å²) < 4.78 is 28.9. The molecule has 0 unspecified atom stereocenters. The van der Waals surface area contributed by atoms with Gasteiger partial charge in [-0.25, -0.2) is 13.1 Å². The molecule has 0 radical (unpaired) electrons. The van der Waals surface area contributed by atoms with E-state index in [0.717, 1.165) is 19.3 Å². The van der Waals surface area contributed by atoms with E-state index in [1.54, 1.807) is 10.8 Å². The van der Waals surface area contributed by atoms with Crippen molar-refractivity contribution in [1.29, 1.82) is 0 Å². The lowest BCUT2D eigenvalue weighted by atomic mass is 10.1. The number of nitrogens with one attached hydrogen (secondary N) is 1. The van der Waals surface area contributed by atoms with Gasteiger partial charge in [-0.15, -0.1) is 0 Å². The molecule has 6 heteroatoms. The zero-order chi connectivity index (χ0) is 16.0. The Bertz CT molecular complexity index is 533. The highest BCUT2D eigenvalue weighted by Crippen LogP contribution is 2.19.